The Hall–Kier alpha value is -2.24. The minimum absolute atomic E-state index is 0.304. The summed E-state index contributed by atoms with van der Waals surface area (Å²) in [5, 5.41) is 4.01. The van der Waals surface area contributed by atoms with E-state index >= 15 is 0 Å². The van der Waals surface area contributed by atoms with Gasteiger partial charge in [0.2, 0.25) is 0 Å². The van der Waals surface area contributed by atoms with Gasteiger partial charge in [-0.25, -0.2) is 4.39 Å². The summed E-state index contributed by atoms with van der Waals surface area (Å²) in [5.41, 5.74) is 6.69. The standard InChI is InChI=1S/C12H12FN3O2/c1-16-12(14)7(6-15-16)10-8(13)2-3-9-11(10)18-5-4-17-9/h2-3,6H,4-5,14H2,1H3. The van der Waals surface area contributed by atoms with Gasteiger partial charge in [0.25, 0.3) is 0 Å². The van der Waals surface area contributed by atoms with E-state index in [0.29, 0.717) is 41.7 Å². The fourth-order valence-electron chi connectivity index (χ4n) is 1.98. The first-order valence-corrected chi connectivity index (χ1v) is 5.54. The molecule has 18 heavy (non-hydrogen) atoms. The van der Waals surface area contributed by atoms with Crippen LogP contribution >= 0.6 is 0 Å². The van der Waals surface area contributed by atoms with Crippen molar-refractivity contribution in [3.63, 3.8) is 0 Å². The van der Waals surface area contributed by atoms with Gasteiger partial charge in [-0.2, -0.15) is 5.10 Å². The number of benzene rings is 1. The van der Waals surface area contributed by atoms with Crippen LogP contribution in [0.4, 0.5) is 10.2 Å². The first kappa shape index (κ1) is 10.9. The Morgan fingerprint density at radius 3 is 2.83 bits per heavy atom. The monoisotopic (exact) mass is 249 g/mol. The van der Waals surface area contributed by atoms with Gasteiger partial charge in [-0.05, 0) is 12.1 Å². The number of ether oxygens (including phenoxy) is 2. The normalized spacial score (nSPS) is 13.7. The van der Waals surface area contributed by atoms with Gasteiger partial charge in [0.15, 0.2) is 11.5 Å². The number of nitrogen functional groups attached to an aromatic ring is 1. The van der Waals surface area contributed by atoms with Crippen LogP contribution in [0, 0.1) is 5.82 Å². The van der Waals surface area contributed by atoms with Crippen LogP contribution in [-0.4, -0.2) is 23.0 Å². The summed E-state index contributed by atoms with van der Waals surface area (Å²) in [7, 11) is 1.70. The van der Waals surface area contributed by atoms with E-state index in [0.717, 1.165) is 0 Å². The molecule has 0 unspecified atom stereocenters. The second-order valence-corrected chi connectivity index (χ2v) is 4.01. The Kier molecular flexibility index (Phi) is 2.36. The molecule has 2 heterocycles. The van der Waals surface area contributed by atoms with E-state index in [4.69, 9.17) is 15.2 Å². The molecule has 2 N–H and O–H groups in total. The van der Waals surface area contributed by atoms with Gasteiger partial charge in [0.1, 0.15) is 24.8 Å². The minimum atomic E-state index is -0.404. The van der Waals surface area contributed by atoms with Crippen LogP contribution in [0.25, 0.3) is 11.1 Å². The van der Waals surface area contributed by atoms with Crippen LogP contribution in [0.3, 0.4) is 0 Å². The number of halogens is 1. The van der Waals surface area contributed by atoms with Gasteiger partial charge in [-0.15, -0.1) is 0 Å². The van der Waals surface area contributed by atoms with E-state index < -0.39 is 5.82 Å². The predicted octanol–water partition coefficient (Wildman–Crippen LogP) is 1.58. The lowest BCUT2D eigenvalue weighted by Crippen LogP contribution is -2.16. The van der Waals surface area contributed by atoms with Gasteiger partial charge in [-0.3, -0.25) is 4.68 Å². The lowest BCUT2D eigenvalue weighted by Gasteiger charge is -2.21. The minimum Gasteiger partial charge on any atom is -0.486 e. The smallest absolute Gasteiger partial charge is 0.172 e. The molecule has 0 bridgehead atoms. The molecule has 6 heteroatoms. The number of hydrogen-bond acceptors (Lipinski definition) is 4. The molecule has 0 saturated heterocycles. The number of anilines is 1. The highest BCUT2D eigenvalue weighted by Gasteiger charge is 2.23. The highest BCUT2D eigenvalue weighted by molar-refractivity contribution is 5.81. The van der Waals surface area contributed by atoms with Crippen LogP contribution in [0.5, 0.6) is 11.5 Å². The molecule has 0 radical (unpaired) electrons. The highest BCUT2D eigenvalue weighted by Crippen LogP contribution is 2.43. The Morgan fingerprint density at radius 2 is 2.11 bits per heavy atom. The summed E-state index contributed by atoms with van der Waals surface area (Å²) in [5.74, 6) is 0.900. The molecule has 0 spiro atoms. The van der Waals surface area contributed by atoms with Crippen molar-refractivity contribution in [3.8, 4) is 22.6 Å². The van der Waals surface area contributed by atoms with Crippen LogP contribution in [0.2, 0.25) is 0 Å². The quantitative estimate of drug-likeness (QED) is 0.833. The maximum absolute atomic E-state index is 14.0. The molecule has 1 aliphatic heterocycles. The summed E-state index contributed by atoms with van der Waals surface area (Å²) >= 11 is 0. The average Bonchev–Trinajstić information content (AvgIpc) is 2.70. The average molecular weight is 249 g/mol. The maximum atomic E-state index is 14.0. The van der Waals surface area contributed by atoms with Crippen LogP contribution in [0.1, 0.15) is 0 Å². The highest BCUT2D eigenvalue weighted by atomic mass is 19.1. The topological polar surface area (TPSA) is 62.3 Å². The third-order valence-corrected chi connectivity index (χ3v) is 2.91. The summed E-state index contributed by atoms with van der Waals surface area (Å²) in [6, 6.07) is 2.90. The van der Waals surface area contributed by atoms with Crippen molar-refractivity contribution in [2.24, 2.45) is 7.05 Å². The van der Waals surface area contributed by atoms with Crippen molar-refractivity contribution >= 4 is 5.82 Å². The zero-order chi connectivity index (χ0) is 12.7. The second-order valence-electron chi connectivity index (χ2n) is 4.01. The maximum Gasteiger partial charge on any atom is 0.172 e. The number of hydrogen-bond donors (Lipinski definition) is 1. The lowest BCUT2D eigenvalue weighted by atomic mass is 10.1. The number of fused-ring (bicyclic) bond motifs is 1. The molecule has 0 amide bonds. The first-order valence-electron chi connectivity index (χ1n) is 5.54. The van der Waals surface area contributed by atoms with E-state index in [-0.39, 0.29) is 0 Å². The Morgan fingerprint density at radius 1 is 1.33 bits per heavy atom. The van der Waals surface area contributed by atoms with E-state index in [1.807, 2.05) is 0 Å². The van der Waals surface area contributed by atoms with Crippen LogP contribution < -0.4 is 15.2 Å². The van der Waals surface area contributed by atoms with Crippen LogP contribution in [-0.2, 0) is 7.05 Å². The summed E-state index contributed by atoms with van der Waals surface area (Å²) in [6.07, 6.45) is 1.52. The molecule has 5 nitrogen and oxygen atoms in total. The number of rotatable bonds is 1. The SMILES string of the molecule is Cn1ncc(-c2c(F)ccc3c2OCCO3)c1N. The molecular formula is C12H12FN3O2. The Labute approximate surface area is 103 Å². The van der Waals surface area contributed by atoms with Gasteiger partial charge < -0.3 is 15.2 Å². The van der Waals surface area contributed by atoms with E-state index in [9.17, 15) is 4.39 Å². The molecule has 0 fully saturated rings. The van der Waals surface area contributed by atoms with Gasteiger partial charge in [0.05, 0.1) is 17.3 Å². The number of nitrogens with zero attached hydrogens (tertiary/aromatic N) is 2. The second kappa shape index (κ2) is 3.90. The molecule has 0 saturated carbocycles. The van der Waals surface area contributed by atoms with Crippen molar-refractivity contribution in [1.29, 1.82) is 0 Å². The molecule has 0 aliphatic carbocycles. The number of aromatic nitrogens is 2. The zero-order valence-electron chi connectivity index (χ0n) is 9.81. The predicted molar refractivity (Wildman–Crippen MR) is 64.0 cm³/mol. The molecule has 3 rings (SSSR count). The molecule has 94 valence electrons. The van der Waals surface area contributed by atoms with Crippen molar-refractivity contribution < 1.29 is 13.9 Å². The molecule has 1 aliphatic rings. The van der Waals surface area contributed by atoms with Gasteiger partial charge >= 0.3 is 0 Å². The number of nitrogens with two attached hydrogens (primary N) is 1. The van der Waals surface area contributed by atoms with Gasteiger partial charge in [0, 0.05) is 7.05 Å². The summed E-state index contributed by atoms with van der Waals surface area (Å²) in [6.45, 7) is 0.851. The fourth-order valence-corrected chi connectivity index (χ4v) is 1.98. The molecule has 2 aromatic rings. The zero-order valence-corrected chi connectivity index (χ0v) is 9.81. The van der Waals surface area contributed by atoms with Gasteiger partial charge in [-0.1, -0.05) is 0 Å². The van der Waals surface area contributed by atoms with Crippen LogP contribution in [0.15, 0.2) is 18.3 Å². The Bertz CT molecular complexity index is 610. The van der Waals surface area contributed by atoms with Crippen molar-refractivity contribution in [1.82, 2.24) is 9.78 Å². The largest absolute Gasteiger partial charge is 0.486 e. The third-order valence-electron chi connectivity index (χ3n) is 2.91. The molecule has 0 atom stereocenters. The van der Waals surface area contributed by atoms with E-state index in [2.05, 4.69) is 5.10 Å². The van der Waals surface area contributed by atoms with E-state index in [1.54, 1.807) is 13.1 Å². The lowest BCUT2D eigenvalue weighted by molar-refractivity contribution is 0.171. The van der Waals surface area contributed by atoms with Crippen molar-refractivity contribution in [2.75, 3.05) is 18.9 Å². The first-order chi connectivity index (χ1) is 8.68. The number of aryl methyl sites for hydroxylation is 1. The van der Waals surface area contributed by atoms with E-state index in [1.165, 1.54) is 16.9 Å². The molecule has 1 aromatic carbocycles. The Balaban J connectivity index is 2.25. The third kappa shape index (κ3) is 1.49. The molecule has 1 aromatic heterocycles. The molecular weight excluding hydrogens is 237 g/mol. The summed E-state index contributed by atoms with van der Waals surface area (Å²) in [4.78, 5) is 0. The fraction of sp³-hybridized carbons (Fsp3) is 0.250. The summed E-state index contributed by atoms with van der Waals surface area (Å²) < 4.78 is 26.4. The van der Waals surface area contributed by atoms with Crippen molar-refractivity contribution in [3.05, 3.63) is 24.1 Å². The van der Waals surface area contributed by atoms with Crippen molar-refractivity contribution in [2.45, 2.75) is 0 Å².